The molecule has 2 aromatic rings. The number of hydrogen-bond acceptors (Lipinski definition) is 4. The van der Waals surface area contributed by atoms with Crippen LogP contribution in [0.1, 0.15) is 11.4 Å². The molecule has 3 rings (SSSR count). The zero-order valence-corrected chi connectivity index (χ0v) is 11.8. The van der Waals surface area contributed by atoms with Crippen molar-refractivity contribution in [1.29, 1.82) is 5.41 Å². The van der Waals surface area contributed by atoms with Gasteiger partial charge in [-0.2, -0.15) is 0 Å². The van der Waals surface area contributed by atoms with E-state index in [1.807, 2.05) is 22.8 Å². The molecule has 3 N–H and O–H groups in total. The Morgan fingerprint density at radius 3 is 3.00 bits per heavy atom. The molecule has 19 heavy (non-hydrogen) atoms. The molecule has 1 aliphatic heterocycles. The number of nitrogens with zero attached hydrogens (tertiary/aromatic N) is 4. The Hall–Kier alpha value is -1.89. The molecule has 0 bridgehead atoms. The first-order chi connectivity index (χ1) is 9.15. The fraction of sp³-hybridized carbons (Fsp3) is 0.250. The molecule has 7 heteroatoms. The average molecular weight is 321 g/mol. The van der Waals surface area contributed by atoms with Gasteiger partial charge in [0.1, 0.15) is 12.2 Å². The van der Waals surface area contributed by atoms with Gasteiger partial charge in [0, 0.05) is 28.8 Å². The smallest absolute Gasteiger partial charge is 0.152 e. The lowest BCUT2D eigenvalue weighted by Crippen LogP contribution is -2.35. The Labute approximate surface area is 118 Å². The van der Waals surface area contributed by atoms with Crippen LogP contribution in [0.15, 0.2) is 29.0 Å². The van der Waals surface area contributed by atoms with E-state index >= 15 is 0 Å². The number of halogens is 1. The number of anilines is 1. The summed E-state index contributed by atoms with van der Waals surface area (Å²) < 4.78 is 3.02. The normalized spacial score (nSPS) is 14.3. The van der Waals surface area contributed by atoms with Gasteiger partial charge in [-0.3, -0.25) is 5.41 Å². The van der Waals surface area contributed by atoms with Crippen molar-refractivity contribution < 1.29 is 0 Å². The van der Waals surface area contributed by atoms with Crippen LogP contribution in [0.5, 0.6) is 0 Å². The quantitative estimate of drug-likeness (QED) is 0.646. The number of nitrogen functional groups attached to an aromatic ring is 1. The van der Waals surface area contributed by atoms with Crippen molar-refractivity contribution >= 4 is 27.5 Å². The number of rotatable bonds is 2. The van der Waals surface area contributed by atoms with Crippen LogP contribution in [0, 0.1) is 5.41 Å². The Kier molecular flexibility index (Phi) is 2.98. The summed E-state index contributed by atoms with van der Waals surface area (Å²) in [7, 11) is 0. The first-order valence-corrected chi connectivity index (χ1v) is 6.70. The van der Waals surface area contributed by atoms with Crippen LogP contribution >= 0.6 is 15.9 Å². The standard InChI is InChI=1S/C12H13BrN6/c13-8-1-2-9(12(14)15)10(5-8)18-3-4-19-7-16-17-11(19)6-18/h1-2,5,7H,3-4,6H2,(H3,14,15). The predicted molar refractivity (Wildman–Crippen MR) is 76.2 cm³/mol. The van der Waals surface area contributed by atoms with Crippen LogP contribution < -0.4 is 10.6 Å². The molecule has 0 spiro atoms. The molecule has 0 radical (unpaired) electrons. The van der Waals surface area contributed by atoms with Crippen molar-refractivity contribution in [3.63, 3.8) is 0 Å². The van der Waals surface area contributed by atoms with E-state index < -0.39 is 0 Å². The van der Waals surface area contributed by atoms with Gasteiger partial charge < -0.3 is 15.2 Å². The molecule has 0 atom stereocenters. The van der Waals surface area contributed by atoms with Gasteiger partial charge in [-0.05, 0) is 18.2 Å². The molecule has 6 nitrogen and oxygen atoms in total. The highest BCUT2D eigenvalue weighted by Crippen LogP contribution is 2.27. The summed E-state index contributed by atoms with van der Waals surface area (Å²) in [4.78, 5) is 2.17. The van der Waals surface area contributed by atoms with Gasteiger partial charge in [0.05, 0.1) is 6.54 Å². The number of hydrogen-bond donors (Lipinski definition) is 2. The Morgan fingerprint density at radius 1 is 1.37 bits per heavy atom. The minimum atomic E-state index is 0.0783. The van der Waals surface area contributed by atoms with Gasteiger partial charge >= 0.3 is 0 Å². The van der Waals surface area contributed by atoms with E-state index in [4.69, 9.17) is 11.1 Å². The molecular weight excluding hydrogens is 308 g/mol. The van der Waals surface area contributed by atoms with E-state index in [1.54, 1.807) is 6.33 Å². The zero-order valence-electron chi connectivity index (χ0n) is 10.2. The molecule has 0 saturated carbocycles. The summed E-state index contributed by atoms with van der Waals surface area (Å²) in [6.45, 7) is 2.37. The maximum absolute atomic E-state index is 7.68. The van der Waals surface area contributed by atoms with Crippen molar-refractivity contribution in [2.75, 3.05) is 11.4 Å². The maximum Gasteiger partial charge on any atom is 0.152 e. The lowest BCUT2D eigenvalue weighted by atomic mass is 10.1. The van der Waals surface area contributed by atoms with Crippen molar-refractivity contribution in [3.05, 3.63) is 40.4 Å². The lowest BCUT2D eigenvalue weighted by Gasteiger charge is -2.30. The summed E-state index contributed by atoms with van der Waals surface area (Å²) in [5.74, 6) is 1.01. The fourth-order valence-corrected chi connectivity index (χ4v) is 2.62. The van der Waals surface area contributed by atoms with Crippen LogP contribution in [0.25, 0.3) is 0 Å². The first kappa shape index (κ1) is 12.2. The summed E-state index contributed by atoms with van der Waals surface area (Å²) >= 11 is 3.47. The number of fused-ring (bicyclic) bond motifs is 1. The Morgan fingerprint density at radius 2 is 2.21 bits per heavy atom. The number of aromatic nitrogens is 3. The second kappa shape index (κ2) is 4.65. The van der Waals surface area contributed by atoms with Crippen molar-refractivity contribution in [3.8, 4) is 0 Å². The largest absolute Gasteiger partial charge is 0.384 e. The summed E-state index contributed by atoms with van der Waals surface area (Å²) in [6.07, 6.45) is 1.75. The highest BCUT2D eigenvalue weighted by Gasteiger charge is 2.20. The minimum absolute atomic E-state index is 0.0783. The highest BCUT2D eigenvalue weighted by atomic mass is 79.9. The van der Waals surface area contributed by atoms with E-state index in [9.17, 15) is 0 Å². The number of benzene rings is 1. The molecule has 0 fully saturated rings. The van der Waals surface area contributed by atoms with Crippen LogP contribution in [-0.4, -0.2) is 27.1 Å². The molecule has 0 saturated heterocycles. The van der Waals surface area contributed by atoms with E-state index in [-0.39, 0.29) is 5.84 Å². The van der Waals surface area contributed by atoms with Gasteiger partial charge in [0.15, 0.2) is 5.82 Å². The monoisotopic (exact) mass is 320 g/mol. The zero-order chi connectivity index (χ0) is 13.4. The molecule has 2 heterocycles. The lowest BCUT2D eigenvalue weighted by molar-refractivity contribution is 0.560. The second-order valence-electron chi connectivity index (χ2n) is 4.44. The van der Waals surface area contributed by atoms with Crippen molar-refractivity contribution in [2.24, 2.45) is 5.73 Å². The van der Waals surface area contributed by atoms with Crippen molar-refractivity contribution in [2.45, 2.75) is 13.1 Å². The summed E-state index contributed by atoms with van der Waals surface area (Å²) in [6, 6.07) is 5.75. The number of nitrogens with two attached hydrogens (primary N) is 1. The fourth-order valence-electron chi connectivity index (χ4n) is 2.27. The molecule has 0 unspecified atom stereocenters. The van der Waals surface area contributed by atoms with E-state index in [1.165, 1.54) is 0 Å². The molecular formula is C12H13BrN6. The third kappa shape index (κ3) is 2.21. The van der Waals surface area contributed by atoms with Crippen LogP contribution in [0.4, 0.5) is 5.69 Å². The van der Waals surface area contributed by atoms with Crippen LogP contribution in [-0.2, 0) is 13.1 Å². The van der Waals surface area contributed by atoms with Gasteiger partial charge in [-0.1, -0.05) is 15.9 Å². The maximum atomic E-state index is 7.68. The molecule has 1 aromatic carbocycles. The highest BCUT2D eigenvalue weighted by molar-refractivity contribution is 9.10. The molecule has 0 amide bonds. The molecule has 1 aromatic heterocycles. The first-order valence-electron chi connectivity index (χ1n) is 5.91. The minimum Gasteiger partial charge on any atom is -0.384 e. The number of nitrogens with one attached hydrogen (secondary N) is 1. The van der Waals surface area contributed by atoms with Crippen LogP contribution in [0.3, 0.4) is 0 Å². The van der Waals surface area contributed by atoms with E-state index in [0.717, 1.165) is 34.6 Å². The Balaban J connectivity index is 1.99. The van der Waals surface area contributed by atoms with Gasteiger partial charge in [0.25, 0.3) is 0 Å². The Bertz CT molecular complexity index is 635. The number of amidine groups is 1. The van der Waals surface area contributed by atoms with Crippen molar-refractivity contribution in [1.82, 2.24) is 14.8 Å². The third-order valence-corrected chi connectivity index (χ3v) is 3.72. The average Bonchev–Trinajstić information content (AvgIpc) is 2.85. The van der Waals surface area contributed by atoms with E-state index in [0.29, 0.717) is 6.54 Å². The SMILES string of the molecule is N=C(N)c1ccc(Br)cc1N1CCn2cnnc2C1. The predicted octanol–water partition coefficient (Wildman–Crippen LogP) is 1.34. The van der Waals surface area contributed by atoms with E-state index in [2.05, 4.69) is 31.0 Å². The van der Waals surface area contributed by atoms with Gasteiger partial charge in [-0.25, -0.2) is 0 Å². The second-order valence-corrected chi connectivity index (χ2v) is 5.35. The molecule has 98 valence electrons. The molecule has 1 aliphatic rings. The summed E-state index contributed by atoms with van der Waals surface area (Å²) in [5.41, 5.74) is 7.36. The van der Waals surface area contributed by atoms with Crippen LogP contribution in [0.2, 0.25) is 0 Å². The topological polar surface area (TPSA) is 83.8 Å². The van der Waals surface area contributed by atoms with Gasteiger partial charge in [0.2, 0.25) is 0 Å². The molecule has 0 aliphatic carbocycles. The summed E-state index contributed by atoms with van der Waals surface area (Å²) in [5, 5.41) is 15.7. The third-order valence-electron chi connectivity index (χ3n) is 3.23. The van der Waals surface area contributed by atoms with Gasteiger partial charge in [-0.15, -0.1) is 10.2 Å².